The minimum Gasteiger partial charge on any atom is -0.489 e. The van der Waals surface area contributed by atoms with Crippen LogP contribution in [0.15, 0.2) is 77.4 Å². The second-order valence-corrected chi connectivity index (χ2v) is 6.77. The van der Waals surface area contributed by atoms with Crippen LogP contribution in [0.3, 0.4) is 0 Å². The summed E-state index contributed by atoms with van der Waals surface area (Å²) in [5.41, 5.74) is 3.11. The summed E-state index contributed by atoms with van der Waals surface area (Å²) >= 11 is 0. The zero-order chi connectivity index (χ0) is 21.8. The van der Waals surface area contributed by atoms with Crippen molar-refractivity contribution in [1.29, 1.82) is 0 Å². The summed E-state index contributed by atoms with van der Waals surface area (Å²) in [6.45, 7) is 7.27. The van der Waals surface area contributed by atoms with Gasteiger partial charge in [-0.25, -0.2) is 4.79 Å². The van der Waals surface area contributed by atoms with Gasteiger partial charge in [0, 0.05) is 17.3 Å². The van der Waals surface area contributed by atoms with Gasteiger partial charge in [0.15, 0.2) is 5.78 Å². The minimum absolute atomic E-state index is 0.000109. The van der Waals surface area contributed by atoms with Crippen LogP contribution in [-0.4, -0.2) is 25.1 Å². The van der Waals surface area contributed by atoms with Gasteiger partial charge in [0.2, 0.25) is 0 Å². The Labute approximate surface area is 177 Å². The quantitative estimate of drug-likeness (QED) is 0.130. The highest BCUT2D eigenvalue weighted by atomic mass is 16.5. The lowest BCUT2D eigenvalue weighted by atomic mass is 10.0. The van der Waals surface area contributed by atoms with Gasteiger partial charge in [0.05, 0.1) is 6.61 Å². The second-order valence-electron chi connectivity index (χ2n) is 6.77. The van der Waals surface area contributed by atoms with E-state index in [0.717, 1.165) is 16.9 Å². The van der Waals surface area contributed by atoms with Gasteiger partial charge in [-0.15, -0.1) is 0 Å². The molecule has 5 heteroatoms. The molecule has 2 aromatic rings. The summed E-state index contributed by atoms with van der Waals surface area (Å²) in [7, 11) is 0. The van der Waals surface area contributed by atoms with Crippen molar-refractivity contribution in [3.05, 3.63) is 89.1 Å². The van der Waals surface area contributed by atoms with Crippen LogP contribution in [0.25, 0.3) is 0 Å². The molecule has 0 saturated carbocycles. The molecular weight excluding hydrogens is 378 g/mol. The first-order valence-electron chi connectivity index (χ1n) is 9.78. The molecule has 0 radical (unpaired) electrons. The molecule has 0 aliphatic rings. The second kappa shape index (κ2) is 12.2. The molecule has 5 nitrogen and oxygen atoms in total. The standard InChI is InChI=1S/C25H27NO4/c1-19(9-7-15-26-3)25(28)29-16-8-12-23-17-22(20(2)27)13-14-24(23)30-18-21-10-5-4-6-11-21/h4-7,9-11,13-15,17H,3,8,12,16,18H2,1-2H3/b15-7-,19-9+. The molecule has 2 aromatic carbocycles. The van der Waals surface area contributed by atoms with Crippen molar-refractivity contribution in [3.8, 4) is 5.75 Å². The number of ketones is 1. The number of aliphatic imine (C=N–C) groups is 1. The van der Waals surface area contributed by atoms with E-state index in [0.29, 0.717) is 30.6 Å². The summed E-state index contributed by atoms with van der Waals surface area (Å²) in [5, 5.41) is 0. The Morgan fingerprint density at radius 1 is 1.10 bits per heavy atom. The van der Waals surface area contributed by atoms with Crippen LogP contribution in [0.1, 0.15) is 41.8 Å². The van der Waals surface area contributed by atoms with Gasteiger partial charge in [0.25, 0.3) is 0 Å². The highest BCUT2D eigenvalue weighted by molar-refractivity contribution is 5.94. The third kappa shape index (κ3) is 7.51. The summed E-state index contributed by atoms with van der Waals surface area (Å²) < 4.78 is 11.3. The molecule has 0 unspecified atom stereocenters. The van der Waals surface area contributed by atoms with Gasteiger partial charge < -0.3 is 9.47 Å². The van der Waals surface area contributed by atoms with Crippen LogP contribution in [-0.2, 0) is 22.6 Å². The Morgan fingerprint density at radius 3 is 2.57 bits per heavy atom. The van der Waals surface area contributed by atoms with Crippen molar-refractivity contribution in [2.24, 2.45) is 4.99 Å². The number of hydrogen-bond donors (Lipinski definition) is 0. The zero-order valence-electron chi connectivity index (χ0n) is 17.5. The van der Waals surface area contributed by atoms with Gasteiger partial charge in [0.1, 0.15) is 12.4 Å². The molecule has 0 aliphatic heterocycles. The lowest BCUT2D eigenvalue weighted by molar-refractivity contribution is -0.139. The third-order valence-corrected chi connectivity index (χ3v) is 4.39. The molecule has 0 fully saturated rings. The molecule has 0 aliphatic carbocycles. The van der Waals surface area contributed by atoms with E-state index in [2.05, 4.69) is 11.7 Å². The van der Waals surface area contributed by atoms with Crippen molar-refractivity contribution < 1.29 is 19.1 Å². The Bertz CT molecular complexity index is 929. The first-order valence-corrected chi connectivity index (χ1v) is 9.78. The fraction of sp³-hybridized carbons (Fsp3) is 0.240. The Morgan fingerprint density at radius 2 is 1.87 bits per heavy atom. The van der Waals surface area contributed by atoms with Crippen LogP contribution < -0.4 is 4.74 Å². The molecule has 0 heterocycles. The number of benzene rings is 2. The predicted octanol–water partition coefficient (Wildman–Crippen LogP) is 5.10. The van der Waals surface area contributed by atoms with E-state index in [4.69, 9.17) is 9.47 Å². The number of hydrogen-bond acceptors (Lipinski definition) is 5. The van der Waals surface area contributed by atoms with E-state index in [1.807, 2.05) is 42.5 Å². The number of Topliss-reactive ketones (excluding diaryl/α,β-unsaturated/α-hetero) is 1. The van der Waals surface area contributed by atoms with Crippen molar-refractivity contribution in [3.63, 3.8) is 0 Å². The first-order chi connectivity index (χ1) is 14.5. The van der Waals surface area contributed by atoms with Crippen molar-refractivity contribution in [1.82, 2.24) is 0 Å². The fourth-order valence-corrected chi connectivity index (χ4v) is 2.73. The molecular formula is C25H27NO4. The number of allylic oxidation sites excluding steroid dienone is 2. The van der Waals surface area contributed by atoms with Crippen molar-refractivity contribution in [2.45, 2.75) is 33.3 Å². The number of nitrogens with zero attached hydrogens (tertiary/aromatic N) is 1. The predicted molar refractivity (Wildman–Crippen MR) is 119 cm³/mol. The molecule has 0 spiro atoms. The number of rotatable bonds is 11. The normalized spacial score (nSPS) is 11.3. The summed E-state index contributed by atoms with van der Waals surface area (Å²) in [5.74, 6) is 0.357. The van der Waals surface area contributed by atoms with E-state index in [1.54, 1.807) is 25.1 Å². The number of ether oxygens (including phenoxy) is 2. The van der Waals surface area contributed by atoms with Crippen LogP contribution in [0.4, 0.5) is 0 Å². The SMILES string of the molecule is C=N/C=C\C=C(/C)C(=O)OCCCc1cc(C(C)=O)ccc1OCc1ccccc1. The van der Waals surface area contributed by atoms with Crippen LogP contribution in [0, 0.1) is 0 Å². The Hall–Kier alpha value is -3.47. The molecule has 2 rings (SSSR count). The molecule has 0 atom stereocenters. The molecule has 0 aromatic heterocycles. The van der Waals surface area contributed by atoms with Crippen LogP contribution in [0.5, 0.6) is 5.75 Å². The monoisotopic (exact) mass is 405 g/mol. The lowest BCUT2D eigenvalue weighted by Gasteiger charge is -2.13. The lowest BCUT2D eigenvalue weighted by Crippen LogP contribution is -2.08. The van der Waals surface area contributed by atoms with E-state index < -0.39 is 0 Å². The number of carbonyl (C=O) groups excluding carboxylic acids is 2. The number of aryl methyl sites for hydroxylation is 1. The summed E-state index contributed by atoms with van der Waals surface area (Å²) in [4.78, 5) is 27.3. The minimum atomic E-state index is -0.373. The van der Waals surface area contributed by atoms with Crippen LogP contribution >= 0.6 is 0 Å². The maximum atomic E-state index is 12.0. The molecule has 156 valence electrons. The molecule has 30 heavy (non-hydrogen) atoms. The van der Waals surface area contributed by atoms with Crippen molar-refractivity contribution in [2.75, 3.05) is 6.61 Å². The largest absolute Gasteiger partial charge is 0.489 e. The molecule has 0 bridgehead atoms. The summed E-state index contributed by atoms with van der Waals surface area (Å²) in [6, 6.07) is 15.3. The van der Waals surface area contributed by atoms with Gasteiger partial charge in [-0.1, -0.05) is 36.4 Å². The van der Waals surface area contributed by atoms with E-state index in [-0.39, 0.29) is 18.4 Å². The summed E-state index contributed by atoms with van der Waals surface area (Å²) in [6.07, 6.45) is 6.00. The molecule has 0 N–H and O–H groups in total. The maximum Gasteiger partial charge on any atom is 0.333 e. The molecule has 0 amide bonds. The molecule has 0 saturated heterocycles. The van der Waals surface area contributed by atoms with Gasteiger partial charge in [-0.3, -0.25) is 9.79 Å². The maximum absolute atomic E-state index is 12.0. The van der Waals surface area contributed by atoms with Gasteiger partial charge in [-0.05, 0) is 68.8 Å². The first kappa shape index (κ1) is 22.8. The zero-order valence-corrected chi connectivity index (χ0v) is 17.5. The topological polar surface area (TPSA) is 65.0 Å². The van der Waals surface area contributed by atoms with Gasteiger partial charge >= 0.3 is 5.97 Å². The Balaban J connectivity index is 1.97. The smallest absolute Gasteiger partial charge is 0.333 e. The Kier molecular flexibility index (Phi) is 9.25. The van der Waals surface area contributed by atoms with Gasteiger partial charge in [-0.2, -0.15) is 0 Å². The average molecular weight is 405 g/mol. The number of esters is 1. The highest BCUT2D eigenvalue weighted by Crippen LogP contribution is 2.23. The van der Waals surface area contributed by atoms with E-state index in [9.17, 15) is 9.59 Å². The van der Waals surface area contributed by atoms with Crippen LogP contribution in [0.2, 0.25) is 0 Å². The highest BCUT2D eigenvalue weighted by Gasteiger charge is 2.10. The average Bonchev–Trinajstić information content (AvgIpc) is 2.76. The number of carbonyl (C=O) groups is 2. The van der Waals surface area contributed by atoms with Crippen molar-refractivity contribution >= 4 is 18.5 Å². The fourth-order valence-electron chi connectivity index (χ4n) is 2.73. The van der Waals surface area contributed by atoms with E-state index >= 15 is 0 Å². The third-order valence-electron chi connectivity index (χ3n) is 4.39. The van der Waals surface area contributed by atoms with E-state index in [1.165, 1.54) is 13.1 Å².